The molecular weight excluding hydrogens is 458 g/mol. The van der Waals surface area contributed by atoms with Gasteiger partial charge in [-0.3, -0.25) is 4.99 Å². The molecule has 0 aromatic heterocycles. The van der Waals surface area contributed by atoms with Crippen LogP contribution < -0.4 is 0 Å². The third-order valence-corrected chi connectivity index (χ3v) is 7.79. The van der Waals surface area contributed by atoms with Crippen LogP contribution in [0.15, 0.2) is 39.0 Å². The van der Waals surface area contributed by atoms with E-state index in [-0.39, 0.29) is 23.6 Å². The van der Waals surface area contributed by atoms with Gasteiger partial charge in [-0.25, -0.2) is 25.3 Å². The van der Waals surface area contributed by atoms with Gasteiger partial charge in [-0.2, -0.15) is 0 Å². The Morgan fingerprint density at radius 2 is 1.57 bits per heavy atom. The lowest BCUT2D eigenvalue weighted by molar-refractivity contribution is 0.455. The molecule has 13 heteroatoms. The summed E-state index contributed by atoms with van der Waals surface area (Å²) in [5.41, 5.74) is 0.267. The van der Waals surface area contributed by atoms with Gasteiger partial charge in [0.15, 0.2) is 0 Å². The van der Waals surface area contributed by atoms with Crippen molar-refractivity contribution >= 4 is 52.5 Å². The predicted molar refractivity (Wildman–Crippen MR) is 104 cm³/mol. The molecule has 1 aliphatic rings. The van der Waals surface area contributed by atoms with Crippen LogP contribution in [-0.4, -0.2) is 50.4 Å². The number of fused-ring (bicyclic) bond motifs is 3. The maximum absolute atomic E-state index is 11.8. The Bertz CT molecular complexity index is 1410. The van der Waals surface area contributed by atoms with Crippen molar-refractivity contribution in [2.24, 2.45) is 4.99 Å². The first kappa shape index (κ1) is 22.8. The molecule has 1 heterocycles. The summed E-state index contributed by atoms with van der Waals surface area (Å²) in [6.45, 7) is 3.33. The summed E-state index contributed by atoms with van der Waals surface area (Å²) in [6, 6.07) is 4.27. The molecule has 2 aromatic carbocycles. The van der Waals surface area contributed by atoms with Crippen molar-refractivity contribution in [1.82, 2.24) is 0 Å². The number of nitrogens with zero attached hydrogens (tertiary/aromatic N) is 1. The zero-order valence-corrected chi connectivity index (χ0v) is 18.2. The second-order valence-corrected chi connectivity index (χ2v) is 11.5. The van der Waals surface area contributed by atoms with Crippen molar-refractivity contribution in [2.75, 3.05) is 5.75 Å². The highest BCUT2D eigenvalue weighted by Crippen LogP contribution is 2.48. The van der Waals surface area contributed by atoms with Gasteiger partial charge in [-0.15, -0.1) is 0 Å². The van der Waals surface area contributed by atoms with Gasteiger partial charge in [-0.1, -0.05) is 13.0 Å². The van der Waals surface area contributed by atoms with Crippen molar-refractivity contribution in [3.05, 3.63) is 29.8 Å². The van der Waals surface area contributed by atoms with E-state index in [2.05, 4.69) is 4.99 Å². The fraction of sp³-hybridized carbons (Fsp3) is 0.353. The fourth-order valence-electron chi connectivity index (χ4n) is 3.78. The number of rotatable bonds is 6. The van der Waals surface area contributed by atoms with Crippen molar-refractivity contribution in [3.63, 3.8) is 0 Å². The standard InChI is InChI=1S/C17H19NO9S3/c1-10-17(2,6-3-7-28(19,20)21)16-13-8-11(29(22,23)24)9-15(30(25,26)27)12(13)4-5-14(16)18-10/h4-5,8-9H,3,6-7H2,1-2H3,(H,19,20,21)(H,22,23,24)(H,25,26,27)/p-3. The summed E-state index contributed by atoms with van der Waals surface area (Å²) in [5.74, 6) is -0.629. The lowest BCUT2D eigenvalue weighted by Crippen LogP contribution is -2.28. The summed E-state index contributed by atoms with van der Waals surface area (Å²) >= 11 is 0. The number of hydrogen-bond acceptors (Lipinski definition) is 10. The molecule has 2 aromatic rings. The Kier molecular flexibility index (Phi) is 5.37. The van der Waals surface area contributed by atoms with Gasteiger partial charge in [0.05, 0.1) is 25.6 Å². The molecule has 0 bridgehead atoms. The first-order valence-corrected chi connectivity index (χ1v) is 13.0. The van der Waals surface area contributed by atoms with E-state index in [1.807, 2.05) is 0 Å². The molecule has 1 aliphatic heterocycles. The molecule has 30 heavy (non-hydrogen) atoms. The van der Waals surface area contributed by atoms with Crippen LogP contribution in [0.1, 0.15) is 32.3 Å². The quantitative estimate of drug-likeness (QED) is 0.557. The van der Waals surface area contributed by atoms with Crippen molar-refractivity contribution in [1.29, 1.82) is 0 Å². The van der Waals surface area contributed by atoms with Gasteiger partial charge in [0.1, 0.15) is 20.2 Å². The SMILES string of the molecule is CC1=Nc2ccc3c(S(=O)(=O)[O-])cc(S(=O)(=O)[O-])cc3c2C1(C)CCCS(=O)(=O)[O-]. The minimum absolute atomic E-state index is 0.0305. The summed E-state index contributed by atoms with van der Waals surface area (Å²) in [7, 11) is -14.7. The van der Waals surface area contributed by atoms with Crippen molar-refractivity contribution < 1.29 is 38.9 Å². The van der Waals surface area contributed by atoms with Crippen LogP contribution >= 0.6 is 0 Å². The molecule has 0 radical (unpaired) electrons. The lowest BCUT2D eigenvalue weighted by Gasteiger charge is -2.28. The summed E-state index contributed by atoms with van der Waals surface area (Å²) in [6.07, 6.45) is 0.0982. The highest BCUT2D eigenvalue weighted by atomic mass is 32.2. The third kappa shape index (κ3) is 4.13. The summed E-state index contributed by atoms with van der Waals surface area (Å²) in [5, 5.41) is -0.0457. The van der Waals surface area contributed by atoms with E-state index in [0.717, 1.165) is 6.07 Å². The smallest absolute Gasteiger partial charge is 0.125 e. The molecule has 0 aliphatic carbocycles. The maximum Gasteiger partial charge on any atom is 0.125 e. The van der Waals surface area contributed by atoms with Gasteiger partial charge in [-0.05, 0) is 54.3 Å². The summed E-state index contributed by atoms with van der Waals surface area (Å²) < 4.78 is 103. The first-order chi connectivity index (χ1) is 13.5. The minimum atomic E-state index is -5.13. The monoisotopic (exact) mass is 474 g/mol. The Morgan fingerprint density at radius 3 is 2.10 bits per heavy atom. The van der Waals surface area contributed by atoms with E-state index in [1.54, 1.807) is 13.8 Å². The Morgan fingerprint density at radius 1 is 0.933 bits per heavy atom. The zero-order valence-electron chi connectivity index (χ0n) is 15.8. The second-order valence-electron chi connectivity index (χ2n) is 7.28. The van der Waals surface area contributed by atoms with E-state index in [1.165, 1.54) is 12.1 Å². The van der Waals surface area contributed by atoms with Crippen molar-refractivity contribution in [3.8, 4) is 0 Å². The van der Waals surface area contributed by atoms with Gasteiger partial charge >= 0.3 is 0 Å². The molecule has 1 unspecified atom stereocenters. The number of benzene rings is 2. The predicted octanol–water partition coefficient (Wildman–Crippen LogP) is 1.34. The molecule has 0 fully saturated rings. The highest BCUT2D eigenvalue weighted by molar-refractivity contribution is 7.86. The van der Waals surface area contributed by atoms with Gasteiger partial charge in [0.2, 0.25) is 0 Å². The van der Waals surface area contributed by atoms with E-state index < -0.39 is 51.3 Å². The van der Waals surface area contributed by atoms with Gasteiger partial charge < -0.3 is 13.7 Å². The second kappa shape index (κ2) is 7.07. The molecule has 0 saturated heterocycles. The number of aliphatic imine (C=N–C) groups is 1. The fourth-order valence-corrected chi connectivity index (χ4v) is 5.60. The first-order valence-electron chi connectivity index (χ1n) is 8.56. The molecule has 0 spiro atoms. The van der Waals surface area contributed by atoms with Gasteiger partial charge in [0, 0.05) is 16.9 Å². The third-order valence-electron chi connectivity index (χ3n) is 5.32. The molecule has 3 rings (SSSR count). The van der Waals surface area contributed by atoms with Crippen molar-refractivity contribution in [2.45, 2.75) is 41.9 Å². The molecule has 0 N–H and O–H groups in total. The van der Waals surface area contributed by atoms with E-state index >= 15 is 0 Å². The Balaban J connectivity index is 2.33. The summed E-state index contributed by atoms with van der Waals surface area (Å²) in [4.78, 5) is 2.65. The van der Waals surface area contributed by atoms with Crippen LogP contribution in [0, 0.1) is 0 Å². The number of hydrogen-bond donors (Lipinski definition) is 0. The van der Waals surface area contributed by atoms with Crippen LogP contribution in [-0.2, 0) is 35.8 Å². The average molecular weight is 475 g/mol. The van der Waals surface area contributed by atoms with E-state index in [0.29, 0.717) is 23.0 Å². The largest absolute Gasteiger partial charge is 0.748 e. The lowest BCUT2D eigenvalue weighted by atomic mass is 9.74. The molecular formula is C17H16NO9S3-3. The van der Waals surface area contributed by atoms with Crippen LogP contribution in [0.4, 0.5) is 5.69 Å². The van der Waals surface area contributed by atoms with E-state index in [4.69, 9.17) is 0 Å². The van der Waals surface area contributed by atoms with Crippen LogP contribution in [0.25, 0.3) is 10.8 Å². The zero-order chi connectivity index (χ0) is 22.7. The topological polar surface area (TPSA) is 184 Å². The molecule has 164 valence electrons. The highest BCUT2D eigenvalue weighted by Gasteiger charge is 2.38. The molecule has 0 amide bonds. The Labute approximate surface area is 173 Å². The Hall–Kier alpha value is -1.90. The molecule has 10 nitrogen and oxygen atoms in total. The van der Waals surface area contributed by atoms with Crippen LogP contribution in [0.3, 0.4) is 0 Å². The van der Waals surface area contributed by atoms with Crippen LogP contribution in [0.2, 0.25) is 0 Å². The van der Waals surface area contributed by atoms with Gasteiger partial charge in [0.25, 0.3) is 0 Å². The minimum Gasteiger partial charge on any atom is -0.748 e. The normalized spacial score (nSPS) is 19.7. The molecule has 1 atom stereocenters. The maximum atomic E-state index is 11.8. The van der Waals surface area contributed by atoms with Crippen LogP contribution in [0.5, 0.6) is 0 Å². The molecule has 0 saturated carbocycles. The average Bonchev–Trinajstić information content (AvgIpc) is 2.82. The van der Waals surface area contributed by atoms with E-state index in [9.17, 15) is 38.9 Å².